The Hall–Kier alpha value is -4.72. The molecule has 0 saturated heterocycles. The van der Waals surface area contributed by atoms with E-state index in [-0.39, 0.29) is 12.2 Å². The van der Waals surface area contributed by atoms with Gasteiger partial charge in [-0.05, 0) is 54.4 Å². The molecule has 0 aliphatic heterocycles. The van der Waals surface area contributed by atoms with Crippen LogP contribution in [-0.2, 0) is 16.1 Å². The van der Waals surface area contributed by atoms with Crippen molar-refractivity contribution in [3.05, 3.63) is 112 Å². The number of imide groups is 1. The molecule has 0 unspecified atom stereocenters. The van der Waals surface area contributed by atoms with Crippen molar-refractivity contribution in [3.8, 4) is 5.75 Å². The second-order valence-corrected chi connectivity index (χ2v) is 7.71. The van der Waals surface area contributed by atoms with Crippen molar-refractivity contribution < 1.29 is 28.3 Å². The van der Waals surface area contributed by atoms with Crippen molar-refractivity contribution in [2.24, 2.45) is 0 Å². The summed E-state index contributed by atoms with van der Waals surface area (Å²) in [4.78, 5) is 47.7. The van der Waals surface area contributed by atoms with Crippen LogP contribution in [0.1, 0.15) is 31.8 Å². The zero-order valence-electron chi connectivity index (χ0n) is 18.8. The Kier molecular flexibility index (Phi) is 7.02. The molecule has 0 aliphatic carbocycles. The van der Waals surface area contributed by atoms with Crippen molar-refractivity contribution >= 4 is 28.8 Å². The highest BCUT2D eigenvalue weighted by atomic mass is 16.5. The van der Waals surface area contributed by atoms with Gasteiger partial charge in [0.25, 0.3) is 11.8 Å². The maximum atomic E-state index is 12.2. The van der Waals surface area contributed by atoms with Gasteiger partial charge in [0.15, 0.2) is 6.61 Å². The van der Waals surface area contributed by atoms with Gasteiger partial charge in [-0.15, -0.1) is 0 Å². The average molecular weight is 471 g/mol. The van der Waals surface area contributed by atoms with Gasteiger partial charge in [-0.1, -0.05) is 30.3 Å². The Bertz CT molecular complexity index is 1440. The van der Waals surface area contributed by atoms with Crippen LogP contribution in [0.25, 0.3) is 11.0 Å². The second-order valence-electron chi connectivity index (χ2n) is 7.71. The molecule has 0 spiro atoms. The van der Waals surface area contributed by atoms with Gasteiger partial charge in [-0.2, -0.15) is 0 Å². The number of carbonyl (C=O) groups excluding carboxylic acids is 3. The summed E-state index contributed by atoms with van der Waals surface area (Å²) in [7, 11) is 0. The summed E-state index contributed by atoms with van der Waals surface area (Å²) < 4.78 is 16.0. The lowest BCUT2D eigenvalue weighted by Gasteiger charge is -2.09. The summed E-state index contributed by atoms with van der Waals surface area (Å²) in [5, 5.41) is 3.00. The third-order valence-electron chi connectivity index (χ3n) is 5.14. The molecule has 4 aromatic rings. The van der Waals surface area contributed by atoms with E-state index in [9.17, 15) is 19.2 Å². The van der Waals surface area contributed by atoms with Gasteiger partial charge in [0.05, 0.1) is 5.56 Å². The Balaban J connectivity index is 1.28. The van der Waals surface area contributed by atoms with Crippen LogP contribution < -0.4 is 15.7 Å². The lowest BCUT2D eigenvalue weighted by molar-refractivity contribution is -0.123. The Morgan fingerprint density at radius 1 is 0.886 bits per heavy atom. The van der Waals surface area contributed by atoms with Crippen molar-refractivity contribution in [2.75, 3.05) is 6.61 Å². The molecule has 1 aromatic heterocycles. The minimum Gasteiger partial charge on any atom is -0.489 e. The molecule has 35 heavy (non-hydrogen) atoms. The first-order valence-corrected chi connectivity index (χ1v) is 10.7. The number of fused-ring (bicyclic) bond motifs is 1. The molecule has 1 N–H and O–H groups in total. The number of hydrogen-bond acceptors (Lipinski definition) is 7. The molecule has 0 atom stereocenters. The highest BCUT2D eigenvalue weighted by molar-refractivity contribution is 6.05. The number of hydrogen-bond donors (Lipinski definition) is 1. The zero-order valence-corrected chi connectivity index (χ0v) is 18.8. The smallest absolute Gasteiger partial charge is 0.338 e. The number of nitrogens with one attached hydrogen (secondary N) is 1. The van der Waals surface area contributed by atoms with Crippen molar-refractivity contribution in [1.82, 2.24) is 5.32 Å². The molecule has 0 fully saturated rings. The van der Waals surface area contributed by atoms with Crippen LogP contribution in [0.15, 0.2) is 88.1 Å². The van der Waals surface area contributed by atoms with Crippen LogP contribution in [0.2, 0.25) is 0 Å². The lowest BCUT2D eigenvalue weighted by Crippen LogP contribution is -2.34. The van der Waals surface area contributed by atoms with Gasteiger partial charge < -0.3 is 13.9 Å². The van der Waals surface area contributed by atoms with E-state index >= 15 is 0 Å². The maximum absolute atomic E-state index is 12.2. The van der Waals surface area contributed by atoms with Gasteiger partial charge in [0, 0.05) is 23.1 Å². The number of benzene rings is 3. The fourth-order valence-electron chi connectivity index (χ4n) is 3.34. The molecule has 176 valence electrons. The summed E-state index contributed by atoms with van der Waals surface area (Å²) in [5.41, 5.74) is 2.21. The summed E-state index contributed by atoms with van der Waals surface area (Å²) in [6, 6.07) is 21.4. The minimum atomic E-state index is -0.723. The van der Waals surface area contributed by atoms with E-state index < -0.39 is 30.0 Å². The maximum Gasteiger partial charge on any atom is 0.338 e. The Morgan fingerprint density at radius 2 is 1.63 bits per heavy atom. The van der Waals surface area contributed by atoms with Crippen LogP contribution in [0.5, 0.6) is 5.75 Å². The number of carbonyl (C=O) groups is 3. The van der Waals surface area contributed by atoms with Crippen LogP contribution in [-0.4, -0.2) is 24.4 Å². The zero-order chi connectivity index (χ0) is 24.8. The molecule has 8 nitrogen and oxygen atoms in total. The average Bonchev–Trinajstić information content (AvgIpc) is 2.86. The molecule has 3 aromatic carbocycles. The monoisotopic (exact) mass is 471 g/mol. The van der Waals surface area contributed by atoms with E-state index in [1.807, 2.05) is 13.0 Å². The molecular weight excluding hydrogens is 450 g/mol. The summed E-state index contributed by atoms with van der Waals surface area (Å²) in [6.07, 6.45) is 0. The Labute approximate surface area is 200 Å². The van der Waals surface area contributed by atoms with E-state index in [0.717, 1.165) is 16.5 Å². The van der Waals surface area contributed by atoms with E-state index in [2.05, 4.69) is 5.32 Å². The van der Waals surface area contributed by atoms with E-state index in [1.165, 1.54) is 6.07 Å². The molecular formula is C27H21NO7. The fourth-order valence-corrected chi connectivity index (χ4v) is 3.34. The molecule has 4 rings (SSSR count). The first-order valence-electron chi connectivity index (χ1n) is 10.7. The first-order chi connectivity index (χ1) is 16.9. The highest BCUT2D eigenvalue weighted by Gasteiger charge is 2.14. The van der Waals surface area contributed by atoms with Crippen molar-refractivity contribution in [2.45, 2.75) is 13.5 Å². The van der Waals surface area contributed by atoms with Crippen LogP contribution in [0, 0.1) is 6.92 Å². The van der Waals surface area contributed by atoms with E-state index in [4.69, 9.17) is 13.9 Å². The van der Waals surface area contributed by atoms with Gasteiger partial charge in [0.2, 0.25) is 0 Å². The standard InChI is InChI=1S/C27H21NO7/c1-17-13-25(30)35-23-14-21(11-12-22(17)23)33-15-18-7-9-20(10-8-18)27(32)34-16-24(29)28-26(31)19-5-3-2-4-6-19/h2-14H,15-16H2,1H3,(H,28,29,31). The third kappa shape index (κ3) is 6.00. The first kappa shape index (κ1) is 23.4. The second kappa shape index (κ2) is 10.5. The van der Waals surface area contributed by atoms with Gasteiger partial charge in [-0.3, -0.25) is 14.9 Å². The number of ether oxygens (including phenoxy) is 2. The molecule has 0 bridgehead atoms. The normalized spacial score (nSPS) is 10.5. The largest absolute Gasteiger partial charge is 0.489 e. The minimum absolute atomic E-state index is 0.223. The van der Waals surface area contributed by atoms with E-state index in [0.29, 0.717) is 16.9 Å². The number of rotatable bonds is 7. The molecule has 0 aliphatic rings. The van der Waals surface area contributed by atoms with Gasteiger partial charge in [-0.25, -0.2) is 9.59 Å². The molecule has 0 saturated carbocycles. The number of esters is 1. The van der Waals surface area contributed by atoms with Crippen LogP contribution >= 0.6 is 0 Å². The number of aryl methyl sites for hydroxylation is 1. The molecule has 1 heterocycles. The van der Waals surface area contributed by atoms with Crippen molar-refractivity contribution in [1.29, 1.82) is 0 Å². The van der Waals surface area contributed by atoms with Crippen LogP contribution in [0.3, 0.4) is 0 Å². The fraction of sp³-hybridized carbons (Fsp3) is 0.111. The van der Waals surface area contributed by atoms with E-state index in [1.54, 1.807) is 66.7 Å². The highest BCUT2D eigenvalue weighted by Crippen LogP contribution is 2.23. The molecule has 8 heteroatoms. The van der Waals surface area contributed by atoms with Gasteiger partial charge >= 0.3 is 11.6 Å². The Morgan fingerprint density at radius 3 is 2.37 bits per heavy atom. The van der Waals surface area contributed by atoms with Gasteiger partial charge in [0.1, 0.15) is 17.9 Å². The number of amides is 2. The molecule has 2 amide bonds. The topological polar surface area (TPSA) is 112 Å². The predicted molar refractivity (Wildman–Crippen MR) is 127 cm³/mol. The predicted octanol–water partition coefficient (Wildman–Crippen LogP) is 3.79. The lowest BCUT2D eigenvalue weighted by atomic mass is 10.1. The molecule has 0 radical (unpaired) electrons. The third-order valence-corrected chi connectivity index (χ3v) is 5.14. The quantitative estimate of drug-likeness (QED) is 0.322. The summed E-state index contributed by atoms with van der Waals surface area (Å²) >= 11 is 0. The SMILES string of the molecule is Cc1cc(=O)oc2cc(OCc3ccc(C(=O)OCC(=O)NC(=O)c4ccccc4)cc3)ccc12. The van der Waals surface area contributed by atoms with Crippen molar-refractivity contribution in [3.63, 3.8) is 0 Å². The summed E-state index contributed by atoms with van der Waals surface area (Å²) in [5.74, 6) is -1.45. The van der Waals surface area contributed by atoms with Crippen LogP contribution in [0.4, 0.5) is 0 Å². The summed E-state index contributed by atoms with van der Waals surface area (Å²) in [6.45, 7) is 1.48.